The average molecular weight is 536 g/mol. The van der Waals surface area contributed by atoms with Crippen molar-refractivity contribution in [3.05, 3.63) is 103 Å². The topological polar surface area (TPSA) is 44.7 Å². The Labute approximate surface area is 238 Å². The van der Waals surface area contributed by atoms with Gasteiger partial charge in [-0.3, -0.25) is 0 Å². The van der Waals surface area contributed by atoms with Gasteiger partial charge in [-0.15, -0.1) is 0 Å². The van der Waals surface area contributed by atoms with Gasteiger partial charge in [0.1, 0.15) is 22.3 Å². The summed E-state index contributed by atoms with van der Waals surface area (Å²) < 4.78 is 26.0. The first-order chi connectivity index (χ1) is 19.8. The monoisotopic (exact) mass is 536 g/mol. The molecule has 1 fully saturated rings. The number of hydrogen-bond acceptors (Lipinski definition) is 4. The molecule has 1 aliphatic rings. The average Bonchev–Trinajstić information content (AvgIpc) is 3.61. The predicted octanol–water partition coefficient (Wildman–Crippen LogP) is 9.12. The molecule has 0 saturated carbocycles. The van der Waals surface area contributed by atoms with E-state index in [1.807, 2.05) is 24.3 Å². The minimum Gasteiger partial charge on any atom is -0.455 e. The van der Waals surface area contributed by atoms with Gasteiger partial charge in [0.05, 0.1) is 11.2 Å². The molecule has 1 aliphatic heterocycles. The quantitative estimate of drug-likeness (QED) is 0.211. The smallest absolute Gasteiger partial charge is 0.455 e. The highest BCUT2D eigenvalue weighted by Gasteiger charge is 2.51. The van der Waals surface area contributed by atoms with Gasteiger partial charge < -0.3 is 18.1 Å². The third-order valence-corrected chi connectivity index (χ3v) is 8.91. The molecule has 1 saturated heterocycles. The Balaban J connectivity index is 1.39. The zero-order chi connectivity index (χ0) is 27.9. The highest BCUT2D eigenvalue weighted by atomic mass is 16.7. The van der Waals surface area contributed by atoms with Gasteiger partial charge in [0.15, 0.2) is 0 Å². The molecule has 0 atom stereocenters. The molecule has 4 nitrogen and oxygen atoms in total. The van der Waals surface area contributed by atoms with E-state index in [0.29, 0.717) is 0 Å². The van der Waals surface area contributed by atoms with Crippen molar-refractivity contribution in [3.63, 3.8) is 0 Å². The van der Waals surface area contributed by atoms with Gasteiger partial charge in [-0.1, -0.05) is 84.9 Å². The maximum atomic E-state index is 6.53. The second kappa shape index (κ2) is 8.59. The van der Waals surface area contributed by atoms with E-state index in [1.165, 1.54) is 0 Å². The fraction of sp³-hybridized carbons (Fsp3) is 0.167. The summed E-state index contributed by atoms with van der Waals surface area (Å²) in [7, 11) is -0.511. The van der Waals surface area contributed by atoms with E-state index >= 15 is 0 Å². The summed E-state index contributed by atoms with van der Waals surface area (Å²) in [5.41, 5.74) is 7.66. The summed E-state index contributed by atoms with van der Waals surface area (Å²) in [6, 6.07) is 35.6. The fourth-order valence-electron chi connectivity index (χ4n) is 6.03. The Morgan fingerprint density at radius 2 is 0.927 bits per heavy atom. The van der Waals surface area contributed by atoms with Crippen LogP contribution < -0.4 is 5.46 Å². The van der Waals surface area contributed by atoms with Gasteiger partial charge in [0, 0.05) is 32.7 Å². The third kappa shape index (κ3) is 3.69. The molecule has 2 aromatic heterocycles. The molecule has 0 radical (unpaired) electrons. The van der Waals surface area contributed by atoms with Crippen molar-refractivity contribution in [1.82, 2.24) is 0 Å². The summed E-state index contributed by atoms with van der Waals surface area (Å²) in [6.45, 7) is 8.34. The van der Waals surface area contributed by atoms with Crippen LogP contribution in [0, 0.1) is 0 Å². The predicted molar refractivity (Wildman–Crippen MR) is 168 cm³/mol. The molecule has 0 bridgehead atoms. The number of para-hydroxylation sites is 4. The van der Waals surface area contributed by atoms with Crippen LogP contribution in [0.25, 0.3) is 66.1 Å². The molecule has 0 spiro atoms. The Hall–Kier alpha value is -4.32. The van der Waals surface area contributed by atoms with Crippen LogP contribution in [-0.2, 0) is 9.31 Å². The molecule has 7 aromatic rings. The van der Waals surface area contributed by atoms with Gasteiger partial charge >= 0.3 is 7.12 Å². The zero-order valence-electron chi connectivity index (χ0n) is 23.5. The highest BCUT2D eigenvalue weighted by molar-refractivity contribution is 6.62. The van der Waals surface area contributed by atoms with Gasteiger partial charge in [0.25, 0.3) is 0 Å². The van der Waals surface area contributed by atoms with Crippen LogP contribution in [0.2, 0.25) is 0 Å². The van der Waals surface area contributed by atoms with Crippen LogP contribution in [0.4, 0.5) is 0 Å². The minimum atomic E-state index is -0.511. The molecule has 8 rings (SSSR count). The zero-order valence-corrected chi connectivity index (χ0v) is 23.5. The van der Waals surface area contributed by atoms with E-state index in [4.69, 9.17) is 18.1 Å². The van der Waals surface area contributed by atoms with Crippen molar-refractivity contribution in [2.75, 3.05) is 0 Å². The molecule has 0 amide bonds. The van der Waals surface area contributed by atoms with E-state index in [1.54, 1.807) is 0 Å². The van der Waals surface area contributed by atoms with E-state index in [0.717, 1.165) is 71.6 Å². The lowest BCUT2D eigenvalue weighted by atomic mass is 9.76. The second-order valence-electron chi connectivity index (χ2n) is 12.0. The maximum Gasteiger partial charge on any atom is 0.494 e. The highest BCUT2D eigenvalue weighted by Crippen LogP contribution is 2.41. The molecular formula is C36H29BO4. The van der Waals surface area contributed by atoms with Crippen LogP contribution >= 0.6 is 0 Å². The van der Waals surface area contributed by atoms with Crippen molar-refractivity contribution < 1.29 is 18.1 Å². The van der Waals surface area contributed by atoms with Crippen LogP contribution in [0.3, 0.4) is 0 Å². The van der Waals surface area contributed by atoms with Crippen LogP contribution in [0.15, 0.2) is 112 Å². The molecule has 5 heteroatoms. The summed E-state index contributed by atoms with van der Waals surface area (Å²) in [4.78, 5) is 0. The Morgan fingerprint density at radius 1 is 0.488 bits per heavy atom. The first kappa shape index (κ1) is 24.5. The molecule has 5 aromatic carbocycles. The van der Waals surface area contributed by atoms with Gasteiger partial charge in [-0.25, -0.2) is 0 Å². The fourth-order valence-corrected chi connectivity index (χ4v) is 6.03. The third-order valence-electron chi connectivity index (χ3n) is 8.91. The van der Waals surface area contributed by atoms with E-state index in [-0.39, 0.29) is 0 Å². The summed E-state index contributed by atoms with van der Waals surface area (Å²) in [6.07, 6.45) is 0. The SMILES string of the molecule is CC1(C)OB(c2cc(-c3cccc4c3oc3ccccc34)cc(-c3cccc4c3oc3ccccc34)c2)OC1(C)C. The first-order valence-corrected chi connectivity index (χ1v) is 14.1. The van der Waals surface area contributed by atoms with Gasteiger partial charge in [-0.2, -0.15) is 0 Å². The Bertz CT molecular complexity index is 1980. The summed E-state index contributed by atoms with van der Waals surface area (Å²) in [5, 5.41) is 4.41. The largest absolute Gasteiger partial charge is 0.494 e. The van der Waals surface area contributed by atoms with Crippen molar-refractivity contribution in [1.29, 1.82) is 0 Å². The summed E-state index contributed by atoms with van der Waals surface area (Å²) >= 11 is 0. The minimum absolute atomic E-state index is 0.453. The van der Waals surface area contributed by atoms with E-state index in [9.17, 15) is 0 Å². The standard InChI is InChI=1S/C36H29BO4/c1-35(2)36(3,4)41-37(40-35)24-20-22(25-13-9-15-29-27-11-5-7-17-31(27)38-33(25)29)19-23(21-24)26-14-10-16-30-28-12-6-8-18-32(28)39-34(26)30/h5-21H,1-4H3. The molecule has 0 unspecified atom stereocenters. The van der Waals surface area contributed by atoms with Crippen LogP contribution in [0.5, 0.6) is 0 Å². The number of fused-ring (bicyclic) bond motifs is 6. The molecular weight excluding hydrogens is 507 g/mol. The van der Waals surface area contributed by atoms with Crippen molar-refractivity contribution in [2.45, 2.75) is 38.9 Å². The second-order valence-corrected chi connectivity index (χ2v) is 12.0. The molecule has 0 aliphatic carbocycles. The molecule has 0 N–H and O–H groups in total. The van der Waals surface area contributed by atoms with E-state index in [2.05, 4.69) is 107 Å². The van der Waals surface area contributed by atoms with Crippen molar-refractivity contribution in [2.24, 2.45) is 0 Å². The van der Waals surface area contributed by atoms with Gasteiger partial charge in [-0.05, 0) is 62.5 Å². The first-order valence-electron chi connectivity index (χ1n) is 14.1. The van der Waals surface area contributed by atoms with Crippen LogP contribution in [-0.4, -0.2) is 18.3 Å². The van der Waals surface area contributed by atoms with Gasteiger partial charge in [0.2, 0.25) is 0 Å². The maximum absolute atomic E-state index is 6.53. The lowest BCUT2D eigenvalue weighted by Crippen LogP contribution is -2.41. The number of furan rings is 2. The number of rotatable bonds is 3. The van der Waals surface area contributed by atoms with Crippen molar-refractivity contribution in [3.8, 4) is 22.3 Å². The molecule has 41 heavy (non-hydrogen) atoms. The lowest BCUT2D eigenvalue weighted by Gasteiger charge is -2.32. The van der Waals surface area contributed by atoms with Crippen LogP contribution in [0.1, 0.15) is 27.7 Å². The van der Waals surface area contributed by atoms with E-state index < -0.39 is 18.3 Å². The van der Waals surface area contributed by atoms with Crippen molar-refractivity contribution >= 4 is 56.5 Å². The molecule has 200 valence electrons. The Morgan fingerprint density at radius 3 is 1.41 bits per heavy atom. The summed E-state index contributed by atoms with van der Waals surface area (Å²) in [5.74, 6) is 0. The normalized spacial score (nSPS) is 16.4. The number of benzene rings is 5. The molecule has 3 heterocycles. The Kier molecular flexibility index (Phi) is 5.13. The number of hydrogen-bond donors (Lipinski definition) is 0. The lowest BCUT2D eigenvalue weighted by molar-refractivity contribution is 0.00578.